The summed E-state index contributed by atoms with van der Waals surface area (Å²) in [5.74, 6) is -0.515. The SMILES string of the molecule is CC(C)Cc1ccc(C(=O)O)cc1.CC(C)Cc1ccc(C(=O)O)cc1.CCCC(O)CC(O)CCC. The quantitative estimate of drug-likeness (QED) is 0.245. The topological polar surface area (TPSA) is 115 Å². The second-order valence-corrected chi connectivity index (χ2v) is 10.3. The van der Waals surface area contributed by atoms with Crippen molar-refractivity contribution in [3.63, 3.8) is 0 Å². The molecule has 2 atom stereocenters. The fourth-order valence-corrected chi connectivity index (χ4v) is 3.73. The first-order valence-corrected chi connectivity index (χ1v) is 13.4. The zero-order valence-electron chi connectivity index (χ0n) is 23.5. The smallest absolute Gasteiger partial charge is 0.335 e. The molecule has 0 fully saturated rings. The number of aliphatic hydroxyl groups excluding tert-OH is 2. The highest BCUT2D eigenvalue weighted by molar-refractivity contribution is 5.87. The largest absolute Gasteiger partial charge is 0.478 e. The summed E-state index contributed by atoms with van der Waals surface area (Å²) in [6, 6.07) is 14.1. The third kappa shape index (κ3) is 17.4. The lowest BCUT2D eigenvalue weighted by atomic mass is 10.0. The fraction of sp³-hybridized carbons (Fsp3) is 0.548. The Morgan fingerprint density at radius 1 is 0.622 bits per heavy atom. The summed E-state index contributed by atoms with van der Waals surface area (Å²) in [4.78, 5) is 21.1. The Morgan fingerprint density at radius 2 is 0.919 bits per heavy atom. The average Bonchev–Trinajstić information content (AvgIpc) is 2.80. The van der Waals surface area contributed by atoms with Gasteiger partial charge in [0.25, 0.3) is 0 Å². The van der Waals surface area contributed by atoms with Crippen molar-refractivity contribution in [2.75, 3.05) is 0 Å². The van der Waals surface area contributed by atoms with E-state index in [2.05, 4.69) is 27.7 Å². The first kappa shape index (κ1) is 34.3. The molecule has 4 N–H and O–H groups in total. The molecule has 37 heavy (non-hydrogen) atoms. The van der Waals surface area contributed by atoms with Crippen LogP contribution in [-0.4, -0.2) is 44.6 Å². The van der Waals surface area contributed by atoms with E-state index in [-0.39, 0.29) is 12.2 Å². The summed E-state index contributed by atoms with van der Waals surface area (Å²) in [6.07, 6.45) is 5.52. The molecule has 0 saturated heterocycles. The van der Waals surface area contributed by atoms with Crippen molar-refractivity contribution in [2.45, 2.75) is 98.7 Å². The number of hydrogen-bond donors (Lipinski definition) is 4. The van der Waals surface area contributed by atoms with Gasteiger partial charge in [-0.05, 0) is 79.3 Å². The van der Waals surface area contributed by atoms with Crippen molar-refractivity contribution in [2.24, 2.45) is 11.8 Å². The number of carboxylic acids is 2. The van der Waals surface area contributed by atoms with Crippen LogP contribution in [0.25, 0.3) is 0 Å². The zero-order chi connectivity index (χ0) is 28.4. The van der Waals surface area contributed by atoms with Gasteiger partial charge in [0, 0.05) is 0 Å². The van der Waals surface area contributed by atoms with Crippen LogP contribution in [0.5, 0.6) is 0 Å². The van der Waals surface area contributed by atoms with E-state index in [9.17, 15) is 19.8 Å². The third-order valence-electron chi connectivity index (χ3n) is 5.48. The summed E-state index contributed by atoms with van der Waals surface area (Å²) in [6.45, 7) is 12.7. The highest BCUT2D eigenvalue weighted by Crippen LogP contribution is 2.11. The molecule has 6 heteroatoms. The molecule has 0 radical (unpaired) electrons. The maximum Gasteiger partial charge on any atom is 0.335 e. The monoisotopic (exact) mass is 516 g/mol. The van der Waals surface area contributed by atoms with E-state index in [1.165, 1.54) is 11.1 Å². The van der Waals surface area contributed by atoms with Gasteiger partial charge in [0.15, 0.2) is 0 Å². The summed E-state index contributed by atoms with van der Waals surface area (Å²) in [5.41, 5.74) is 3.10. The molecule has 2 aromatic rings. The molecule has 0 saturated carbocycles. The number of benzene rings is 2. The predicted octanol–water partition coefficient (Wildman–Crippen LogP) is 6.87. The Labute approximate surface area is 223 Å². The van der Waals surface area contributed by atoms with Crippen molar-refractivity contribution >= 4 is 11.9 Å². The Morgan fingerprint density at radius 3 is 1.14 bits per heavy atom. The fourth-order valence-electron chi connectivity index (χ4n) is 3.73. The van der Waals surface area contributed by atoms with Crippen LogP contribution < -0.4 is 0 Å². The summed E-state index contributed by atoms with van der Waals surface area (Å²) >= 11 is 0. The molecule has 2 rings (SSSR count). The molecule has 0 bridgehead atoms. The summed E-state index contributed by atoms with van der Waals surface area (Å²) in [7, 11) is 0. The lowest BCUT2D eigenvalue weighted by Gasteiger charge is -2.13. The van der Waals surface area contributed by atoms with Crippen LogP contribution in [0.15, 0.2) is 48.5 Å². The Kier molecular flexibility index (Phi) is 18.0. The van der Waals surface area contributed by atoms with Crippen LogP contribution in [0.1, 0.15) is 105 Å². The van der Waals surface area contributed by atoms with Crippen LogP contribution >= 0.6 is 0 Å². The molecule has 0 aliphatic carbocycles. The highest BCUT2D eigenvalue weighted by Gasteiger charge is 2.09. The molecular weight excluding hydrogens is 468 g/mol. The van der Waals surface area contributed by atoms with Crippen LogP contribution in [0.3, 0.4) is 0 Å². The number of carboxylic acid groups (broad SMARTS) is 2. The Bertz CT molecular complexity index is 798. The molecule has 0 spiro atoms. The molecule has 2 aromatic carbocycles. The number of carbonyl (C=O) groups is 2. The van der Waals surface area contributed by atoms with Crippen LogP contribution in [0.4, 0.5) is 0 Å². The van der Waals surface area contributed by atoms with Crippen molar-refractivity contribution < 1.29 is 30.0 Å². The number of aromatic carboxylic acids is 2. The second kappa shape index (κ2) is 19.4. The van der Waals surface area contributed by atoms with E-state index in [0.29, 0.717) is 29.4 Å². The van der Waals surface area contributed by atoms with Gasteiger partial charge in [-0.25, -0.2) is 9.59 Å². The molecular formula is C31H48O6. The van der Waals surface area contributed by atoms with E-state index in [1.54, 1.807) is 24.3 Å². The zero-order valence-corrected chi connectivity index (χ0v) is 23.5. The molecule has 0 aromatic heterocycles. The maximum atomic E-state index is 10.5. The van der Waals surface area contributed by atoms with E-state index in [1.807, 2.05) is 38.1 Å². The molecule has 6 nitrogen and oxygen atoms in total. The van der Waals surface area contributed by atoms with E-state index >= 15 is 0 Å². The minimum absolute atomic E-state index is 0.304. The van der Waals surface area contributed by atoms with Crippen molar-refractivity contribution in [3.8, 4) is 0 Å². The van der Waals surface area contributed by atoms with Crippen molar-refractivity contribution in [1.29, 1.82) is 0 Å². The first-order valence-electron chi connectivity index (χ1n) is 13.4. The summed E-state index contributed by atoms with van der Waals surface area (Å²) in [5, 5.41) is 35.9. The third-order valence-corrected chi connectivity index (χ3v) is 5.48. The molecule has 0 aliphatic heterocycles. The van der Waals surface area contributed by atoms with Crippen LogP contribution in [-0.2, 0) is 12.8 Å². The van der Waals surface area contributed by atoms with E-state index in [0.717, 1.165) is 38.5 Å². The first-order chi connectivity index (χ1) is 17.4. The van der Waals surface area contributed by atoms with E-state index < -0.39 is 11.9 Å². The minimum atomic E-state index is -0.865. The Balaban J connectivity index is 0.000000528. The van der Waals surface area contributed by atoms with Gasteiger partial charge in [-0.2, -0.15) is 0 Å². The molecule has 0 heterocycles. The summed E-state index contributed by atoms with van der Waals surface area (Å²) < 4.78 is 0. The maximum absolute atomic E-state index is 10.5. The van der Waals surface area contributed by atoms with Crippen molar-refractivity contribution in [3.05, 3.63) is 70.8 Å². The number of rotatable bonds is 12. The standard InChI is InChI=1S/2C11H14O2.C9H20O2/c2*1-8(2)7-9-3-5-10(6-4-9)11(12)13;1-3-5-8(10)7-9(11)6-4-2/h2*3-6,8H,7H2,1-2H3,(H,12,13);8-11H,3-7H2,1-2H3. The average molecular weight is 517 g/mol. The van der Waals surface area contributed by atoms with Crippen LogP contribution in [0.2, 0.25) is 0 Å². The lowest BCUT2D eigenvalue weighted by molar-refractivity contribution is 0.0686. The van der Waals surface area contributed by atoms with Gasteiger partial charge in [0.05, 0.1) is 23.3 Å². The van der Waals surface area contributed by atoms with Gasteiger partial charge in [-0.3, -0.25) is 0 Å². The number of hydrogen-bond acceptors (Lipinski definition) is 4. The molecule has 0 amide bonds. The second-order valence-electron chi connectivity index (χ2n) is 10.3. The van der Waals surface area contributed by atoms with Crippen molar-refractivity contribution in [1.82, 2.24) is 0 Å². The lowest BCUT2D eigenvalue weighted by Crippen LogP contribution is -2.16. The van der Waals surface area contributed by atoms with Gasteiger partial charge in [-0.1, -0.05) is 78.6 Å². The Hall–Kier alpha value is -2.70. The molecule has 208 valence electrons. The molecule has 2 unspecified atom stereocenters. The van der Waals surface area contributed by atoms with Gasteiger partial charge in [0.2, 0.25) is 0 Å². The highest BCUT2D eigenvalue weighted by atomic mass is 16.4. The van der Waals surface area contributed by atoms with Gasteiger partial charge >= 0.3 is 11.9 Å². The van der Waals surface area contributed by atoms with Gasteiger partial charge in [0.1, 0.15) is 0 Å². The molecule has 0 aliphatic rings. The normalized spacial score (nSPS) is 12.2. The number of aliphatic hydroxyl groups is 2. The van der Waals surface area contributed by atoms with Crippen LogP contribution in [0, 0.1) is 11.8 Å². The van der Waals surface area contributed by atoms with Gasteiger partial charge in [-0.15, -0.1) is 0 Å². The predicted molar refractivity (Wildman–Crippen MR) is 150 cm³/mol. The minimum Gasteiger partial charge on any atom is -0.478 e. The van der Waals surface area contributed by atoms with Gasteiger partial charge < -0.3 is 20.4 Å². The van der Waals surface area contributed by atoms with E-state index in [4.69, 9.17) is 10.2 Å².